The largest absolute Gasteiger partial charge is 0.379 e. The molecule has 1 unspecified atom stereocenters. The summed E-state index contributed by atoms with van der Waals surface area (Å²) in [5.41, 5.74) is 1.40. The molecule has 110 valence electrons. The Kier molecular flexibility index (Phi) is 2.80. The normalized spacial score (nSPS) is 12.8. The van der Waals surface area contributed by atoms with E-state index in [0.717, 1.165) is 0 Å². The fraction of sp³-hybridized carbons (Fsp3) is 0.100. The van der Waals surface area contributed by atoms with Gasteiger partial charge in [-0.05, 0) is 17.3 Å². The Morgan fingerprint density at radius 2 is 1.95 bits per heavy atom. The number of H-pyrrole nitrogens is 2. The second kappa shape index (κ2) is 4.82. The molecule has 4 aromatic heterocycles. The van der Waals surface area contributed by atoms with E-state index in [2.05, 4.69) is 46.2 Å². The highest BCUT2D eigenvalue weighted by Gasteiger charge is 2.22. The Morgan fingerprint density at radius 3 is 2.68 bits per heavy atom. The second-order valence-corrected chi connectivity index (χ2v) is 4.74. The Balaban J connectivity index is 1.91. The highest BCUT2D eigenvalue weighted by Crippen LogP contribution is 2.28. The lowest BCUT2D eigenvalue weighted by molar-refractivity contribution is 0.203. The van der Waals surface area contributed by atoms with Crippen LogP contribution in [0.2, 0.25) is 5.02 Å². The number of rotatable bonds is 3. The van der Waals surface area contributed by atoms with Crippen molar-refractivity contribution in [3.63, 3.8) is 0 Å². The van der Waals surface area contributed by atoms with Gasteiger partial charge in [-0.2, -0.15) is 10.4 Å². The van der Waals surface area contributed by atoms with Crippen LogP contribution in [0, 0.1) is 0 Å². The lowest BCUT2D eigenvalue weighted by Gasteiger charge is -2.11. The van der Waals surface area contributed by atoms with E-state index in [1.165, 1.54) is 0 Å². The second-order valence-electron chi connectivity index (χ2n) is 4.33. The maximum Gasteiger partial charge on any atom is 0.224 e. The van der Waals surface area contributed by atoms with Gasteiger partial charge in [0.2, 0.25) is 11.6 Å². The van der Waals surface area contributed by atoms with E-state index in [4.69, 9.17) is 11.6 Å². The lowest BCUT2D eigenvalue weighted by Crippen LogP contribution is -2.08. The van der Waals surface area contributed by atoms with Crippen LogP contribution in [0.25, 0.3) is 17.2 Å². The summed E-state index contributed by atoms with van der Waals surface area (Å²) in [5.74, 6) is 0.434. The number of aromatic amines is 2. The number of hydrogen-bond acceptors (Lipinski definition) is 8. The van der Waals surface area contributed by atoms with Gasteiger partial charge in [0, 0.05) is 6.20 Å². The topological polar surface area (TPSA) is 146 Å². The predicted octanol–water partition coefficient (Wildman–Crippen LogP) is -0.237. The number of aliphatic hydroxyl groups excluding tert-OH is 1. The summed E-state index contributed by atoms with van der Waals surface area (Å²) >= 11 is 6.20. The third kappa shape index (κ3) is 1.91. The monoisotopic (exact) mass is 318 g/mol. The summed E-state index contributed by atoms with van der Waals surface area (Å²) < 4.78 is 1.62. The van der Waals surface area contributed by atoms with Gasteiger partial charge >= 0.3 is 0 Å². The molecule has 0 amide bonds. The van der Waals surface area contributed by atoms with Crippen molar-refractivity contribution in [1.82, 2.24) is 50.6 Å². The smallest absolute Gasteiger partial charge is 0.224 e. The van der Waals surface area contributed by atoms with Crippen molar-refractivity contribution >= 4 is 17.2 Å². The molecule has 0 aliphatic heterocycles. The Morgan fingerprint density at radius 1 is 1.14 bits per heavy atom. The molecule has 0 bridgehead atoms. The predicted molar refractivity (Wildman–Crippen MR) is 71.6 cm³/mol. The zero-order chi connectivity index (χ0) is 15.1. The maximum absolute atomic E-state index is 10.4. The number of aromatic nitrogens is 10. The molecule has 12 heteroatoms. The Bertz CT molecular complexity index is 915. The molecule has 4 rings (SSSR count). The summed E-state index contributed by atoms with van der Waals surface area (Å²) in [4.78, 5) is 4.36. The number of fused-ring (bicyclic) bond motifs is 1. The summed E-state index contributed by atoms with van der Waals surface area (Å²) in [7, 11) is 0. The Hall–Kier alpha value is -2.92. The number of nitrogens with one attached hydrogen (secondary N) is 2. The average Bonchev–Trinajstić information content (AvgIpc) is 3.25. The van der Waals surface area contributed by atoms with Gasteiger partial charge in [0.05, 0.1) is 10.7 Å². The van der Waals surface area contributed by atoms with Crippen LogP contribution in [-0.4, -0.2) is 55.7 Å². The van der Waals surface area contributed by atoms with Crippen LogP contribution in [-0.2, 0) is 0 Å². The molecule has 0 saturated heterocycles. The van der Waals surface area contributed by atoms with Crippen LogP contribution in [0.4, 0.5) is 0 Å². The number of aliphatic hydroxyl groups is 1. The molecular weight excluding hydrogens is 312 g/mol. The van der Waals surface area contributed by atoms with Gasteiger partial charge in [-0.25, -0.2) is 4.98 Å². The van der Waals surface area contributed by atoms with Crippen LogP contribution < -0.4 is 0 Å². The standard InChI is InChI=1S/C10H7ClN10O/c11-4-1-2-6-12-5(9-13-17-18-14-9)3-21(6)7(4)8(22)10-15-19-20-16-10/h1-3,8,22H,(H,13,14,17,18)(H,15,16,19,20). The summed E-state index contributed by atoms with van der Waals surface area (Å²) in [5, 5.41) is 37.6. The van der Waals surface area contributed by atoms with Crippen molar-refractivity contribution in [2.45, 2.75) is 6.10 Å². The number of imidazole rings is 1. The van der Waals surface area contributed by atoms with E-state index in [-0.39, 0.29) is 5.82 Å². The third-order valence-corrected chi connectivity index (χ3v) is 3.38. The highest BCUT2D eigenvalue weighted by molar-refractivity contribution is 6.31. The molecule has 0 fully saturated rings. The highest BCUT2D eigenvalue weighted by atomic mass is 35.5. The van der Waals surface area contributed by atoms with Crippen molar-refractivity contribution < 1.29 is 5.11 Å². The number of halogens is 1. The minimum Gasteiger partial charge on any atom is -0.379 e. The maximum atomic E-state index is 10.4. The molecule has 1 atom stereocenters. The van der Waals surface area contributed by atoms with Gasteiger partial charge in [0.1, 0.15) is 11.3 Å². The average molecular weight is 319 g/mol. The van der Waals surface area contributed by atoms with Gasteiger partial charge in [0.15, 0.2) is 6.10 Å². The molecular formula is C10H7ClN10O. The SMILES string of the molecule is OC(c1nn[nH]n1)c1c(Cl)ccc2nc(-c3nn[nH]n3)cn12. The van der Waals surface area contributed by atoms with Crippen LogP contribution in [0.15, 0.2) is 18.3 Å². The fourth-order valence-corrected chi connectivity index (χ4v) is 2.36. The van der Waals surface area contributed by atoms with E-state index < -0.39 is 6.10 Å². The molecule has 22 heavy (non-hydrogen) atoms. The lowest BCUT2D eigenvalue weighted by atomic mass is 10.2. The quantitative estimate of drug-likeness (QED) is 0.469. The van der Waals surface area contributed by atoms with Crippen molar-refractivity contribution in [3.8, 4) is 11.5 Å². The molecule has 0 radical (unpaired) electrons. The van der Waals surface area contributed by atoms with Crippen molar-refractivity contribution in [2.24, 2.45) is 0 Å². The van der Waals surface area contributed by atoms with Gasteiger partial charge < -0.3 is 5.11 Å². The van der Waals surface area contributed by atoms with E-state index in [9.17, 15) is 5.11 Å². The first-order chi connectivity index (χ1) is 10.7. The van der Waals surface area contributed by atoms with E-state index in [0.29, 0.717) is 27.9 Å². The molecule has 0 aromatic carbocycles. The van der Waals surface area contributed by atoms with Crippen LogP contribution in [0.5, 0.6) is 0 Å². The van der Waals surface area contributed by atoms with Crippen molar-refractivity contribution in [2.75, 3.05) is 0 Å². The van der Waals surface area contributed by atoms with Crippen LogP contribution in [0.1, 0.15) is 17.6 Å². The minimum absolute atomic E-state index is 0.101. The van der Waals surface area contributed by atoms with Gasteiger partial charge in [-0.1, -0.05) is 16.8 Å². The van der Waals surface area contributed by atoms with E-state index in [1.54, 1.807) is 22.7 Å². The van der Waals surface area contributed by atoms with E-state index in [1.807, 2.05) is 0 Å². The summed E-state index contributed by atoms with van der Waals surface area (Å²) in [6.07, 6.45) is 0.479. The molecule has 0 aliphatic carbocycles. The summed E-state index contributed by atoms with van der Waals surface area (Å²) in [6.45, 7) is 0. The van der Waals surface area contributed by atoms with Gasteiger partial charge in [-0.15, -0.1) is 20.4 Å². The molecule has 11 nitrogen and oxygen atoms in total. The zero-order valence-corrected chi connectivity index (χ0v) is 11.5. The number of hydrogen-bond donors (Lipinski definition) is 3. The van der Waals surface area contributed by atoms with Crippen molar-refractivity contribution in [3.05, 3.63) is 34.9 Å². The van der Waals surface area contributed by atoms with Gasteiger partial charge in [-0.3, -0.25) is 4.40 Å². The third-order valence-electron chi connectivity index (χ3n) is 3.06. The fourth-order valence-electron chi connectivity index (χ4n) is 2.10. The minimum atomic E-state index is -1.16. The first-order valence-electron chi connectivity index (χ1n) is 6.07. The van der Waals surface area contributed by atoms with E-state index >= 15 is 0 Å². The Labute approximate surface area is 126 Å². The first kappa shape index (κ1) is 12.8. The van der Waals surface area contributed by atoms with Crippen molar-refractivity contribution in [1.29, 1.82) is 0 Å². The number of pyridine rings is 1. The number of tetrazole rings is 2. The van der Waals surface area contributed by atoms with Gasteiger partial charge in [0.25, 0.3) is 0 Å². The molecule has 4 heterocycles. The molecule has 4 aromatic rings. The molecule has 0 aliphatic rings. The van der Waals surface area contributed by atoms with Crippen LogP contribution in [0.3, 0.4) is 0 Å². The molecule has 0 saturated carbocycles. The first-order valence-corrected chi connectivity index (χ1v) is 6.44. The number of nitrogens with zero attached hydrogens (tertiary/aromatic N) is 8. The molecule has 0 spiro atoms. The van der Waals surface area contributed by atoms with Crippen LogP contribution >= 0.6 is 11.6 Å². The molecule has 3 N–H and O–H groups in total. The zero-order valence-electron chi connectivity index (χ0n) is 10.7. The summed E-state index contributed by atoms with van der Waals surface area (Å²) in [6, 6.07) is 3.33.